The molecule has 0 unspecified atom stereocenters. The van der Waals surface area contributed by atoms with Gasteiger partial charge in [-0.05, 0) is 78.6 Å². The zero-order chi connectivity index (χ0) is 22.9. The van der Waals surface area contributed by atoms with Gasteiger partial charge in [-0.1, -0.05) is 23.7 Å². The molecule has 0 aliphatic carbocycles. The van der Waals surface area contributed by atoms with Gasteiger partial charge in [0.05, 0.1) is 16.2 Å². The molecule has 1 saturated heterocycles. The highest BCUT2D eigenvalue weighted by atomic mass is 35.5. The number of ketones is 1. The number of hydrogen-bond acceptors (Lipinski definition) is 5. The van der Waals surface area contributed by atoms with Crippen molar-refractivity contribution in [2.24, 2.45) is 0 Å². The summed E-state index contributed by atoms with van der Waals surface area (Å²) < 4.78 is 17.6. The van der Waals surface area contributed by atoms with Gasteiger partial charge in [-0.2, -0.15) is 0 Å². The molecular formula is C22H31BClNO5. The van der Waals surface area contributed by atoms with E-state index in [0.29, 0.717) is 16.1 Å². The number of nitrogens with one attached hydrogen (secondary N) is 1. The maximum Gasteiger partial charge on any atom is 0.492 e. The molecule has 1 aliphatic heterocycles. The highest BCUT2D eigenvalue weighted by molar-refractivity contribution is 6.56. The Morgan fingerprint density at radius 1 is 1.17 bits per heavy atom. The van der Waals surface area contributed by atoms with Gasteiger partial charge in [0.15, 0.2) is 5.78 Å². The average molecular weight is 436 g/mol. The molecule has 1 amide bonds. The molecule has 1 heterocycles. The quantitative estimate of drug-likeness (QED) is 0.515. The van der Waals surface area contributed by atoms with E-state index < -0.39 is 30.0 Å². The van der Waals surface area contributed by atoms with E-state index in [1.807, 2.05) is 33.8 Å². The molecule has 30 heavy (non-hydrogen) atoms. The van der Waals surface area contributed by atoms with E-state index in [2.05, 4.69) is 5.32 Å². The Bertz CT molecular complexity index is 842. The summed E-state index contributed by atoms with van der Waals surface area (Å²) in [7, 11) is -0.656. The fourth-order valence-electron chi connectivity index (χ4n) is 2.81. The summed E-state index contributed by atoms with van der Waals surface area (Å²) in [5.41, 5.74) is 0.260. The van der Waals surface area contributed by atoms with Crippen molar-refractivity contribution in [2.75, 3.05) is 6.54 Å². The van der Waals surface area contributed by atoms with Crippen LogP contribution in [0.2, 0.25) is 5.02 Å². The number of benzene rings is 1. The Morgan fingerprint density at radius 3 is 2.20 bits per heavy atom. The average Bonchev–Trinajstić information content (AvgIpc) is 2.77. The van der Waals surface area contributed by atoms with Crippen LogP contribution in [0.25, 0.3) is 6.08 Å². The van der Waals surface area contributed by atoms with Gasteiger partial charge >= 0.3 is 13.2 Å². The first-order valence-electron chi connectivity index (χ1n) is 9.95. The van der Waals surface area contributed by atoms with Crippen LogP contribution < -0.4 is 5.32 Å². The summed E-state index contributed by atoms with van der Waals surface area (Å²) >= 11 is 6.26. The first kappa shape index (κ1) is 24.4. The lowest BCUT2D eigenvalue weighted by Gasteiger charge is -2.32. The van der Waals surface area contributed by atoms with Crippen LogP contribution in [0.1, 0.15) is 71.3 Å². The third kappa shape index (κ3) is 6.09. The lowest BCUT2D eigenvalue weighted by molar-refractivity contribution is 0.00578. The molecule has 0 saturated carbocycles. The van der Waals surface area contributed by atoms with Gasteiger partial charge in [-0.15, -0.1) is 0 Å². The smallest absolute Gasteiger partial charge is 0.444 e. The molecule has 1 fully saturated rings. The highest BCUT2D eigenvalue weighted by Crippen LogP contribution is 2.38. The van der Waals surface area contributed by atoms with Crippen molar-refractivity contribution >= 4 is 36.7 Å². The summed E-state index contributed by atoms with van der Waals surface area (Å²) in [6.45, 7) is 14.9. The third-order valence-corrected chi connectivity index (χ3v) is 5.43. The van der Waals surface area contributed by atoms with E-state index in [-0.39, 0.29) is 12.3 Å². The molecule has 6 nitrogen and oxygen atoms in total. The minimum atomic E-state index is -0.656. The van der Waals surface area contributed by atoms with Crippen molar-refractivity contribution in [3.63, 3.8) is 0 Å². The van der Waals surface area contributed by atoms with Crippen LogP contribution in [0, 0.1) is 0 Å². The van der Waals surface area contributed by atoms with Crippen molar-refractivity contribution in [3.8, 4) is 0 Å². The first-order valence-corrected chi connectivity index (χ1v) is 10.3. The Hall–Kier alpha value is -1.83. The number of rotatable bonds is 5. The lowest BCUT2D eigenvalue weighted by Crippen LogP contribution is -2.41. The number of carbonyl (C=O) groups excluding carboxylic acids is 2. The van der Waals surface area contributed by atoms with Gasteiger partial charge in [-0.25, -0.2) is 4.79 Å². The normalized spacial score (nSPS) is 18.3. The largest absolute Gasteiger partial charge is 0.492 e. The molecule has 0 atom stereocenters. The summed E-state index contributed by atoms with van der Waals surface area (Å²) in [6.07, 6.45) is 1.31. The number of alkyl carbamates (subject to hydrolysis) is 1. The standard InChI is InChI=1S/C22H31BClNO5/c1-14(26)17-10-9-15(12-18(17)24)11-16(13-25-19(27)28-20(2,3)4)23-29-21(5,6)22(7,8)30-23/h9-12H,13H2,1-8H3,(H,25,27). The Morgan fingerprint density at radius 2 is 1.73 bits per heavy atom. The van der Waals surface area contributed by atoms with E-state index >= 15 is 0 Å². The second kappa shape index (κ2) is 8.73. The fourth-order valence-corrected chi connectivity index (χ4v) is 3.13. The number of Topliss-reactive ketones (excluding diaryl/α,β-unsaturated/α-hetero) is 1. The zero-order valence-electron chi connectivity index (χ0n) is 19.0. The van der Waals surface area contributed by atoms with Gasteiger partial charge in [-0.3, -0.25) is 4.79 Å². The molecule has 0 bridgehead atoms. The number of halogens is 1. The van der Waals surface area contributed by atoms with Gasteiger partial charge in [0.25, 0.3) is 0 Å². The third-order valence-electron chi connectivity index (χ3n) is 5.12. The van der Waals surface area contributed by atoms with Crippen LogP contribution in [0.4, 0.5) is 4.79 Å². The zero-order valence-corrected chi connectivity index (χ0v) is 19.8. The minimum Gasteiger partial charge on any atom is -0.444 e. The summed E-state index contributed by atoms with van der Waals surface area (Å²) in [5.74, 6) is -0.103. The molecule has 2 rings (SSSR count). The van der Waals surface area contributed by atoms with Gasteiger partial charge in [0.1, 0.15) is 5.60 Å². The monoisotopic (exact) mass is 435 g/mol. The van der Waals surface area contributed by atoms with Crippen LogP contribution in [-0.4, -0.2) is 42.3 Å². The van der Waals surface area contributed by atoms with E-state index in [1.165, 1.54) is 6.92 Å². The molecule has 0 aromatic heterocycles. The molecule has 1 aliphatic rings. The van der Waals surface area contributed by atoms with Crippen LogP contribution in [-0.2, 0) is 14.0 Å². The molecule has 1 N–H and O–H groups in total. The number of amides is 1. The molecule has 164 valence electrons. The Kier molecular flexibility index (Phi) is 7.12. The number of ether oxygens (including phenoxy) is 1. The van der Waals surface area contributed by atoms with Crippen molar-refractivity contribution < 1.29 is 23.6 Å². The topological polar surface area (TPSA) is 73.9 Å². The predicted molar refractivity (Wildman–Crippen MR) is 120 cm³/mol. The predicted octanol–water partition coefficient (Wildman–Crippen LogP) is 5.08. The first-order chi connectivity index (χ1) is 13.6. The van der Waals surface area contributed by atoms with Crippen LogP contribution >= 0.6 is 11.6 Å². The molecule has 0 radical (unpaired) electrons. The maximum absolute atomic E-state index is 12.2. The van der Waals surface area contributed by atoms with Crippen LogP contribution in [0.15, 0.2) is 23.7 Å². The molecule has 0 spiro atoms. The summed E-state index contributed by atoms with van der Waals surface area (Å²) in [5, 5.41) is 3.12. The SMILES string of the molecule is CC(=O)c1ccc(C=C(CNC(=O)OC(C)(C)C)B2OC(C)(C)C(C)(C)O2)cc1Cl. The second-order valence-electron chi connectivity index (χ2n) is 9.46. The van der Waals surface area contributed by atoms with Crippen LogP contribution in [0.3, 0.4) is 0 Å². The number of hydrogen-bond donors (Lipinski definition) is 1. The Labute approximate surface area is 184 Å². The van der Waals surface area contributed by atoms with E-state index in [4.69, 9.17) is 25.6 Å². The van der Waals surface area contributed by atoms with Crippen molar-refractivity contribution in [1.29, 1.82) is 0 Å². The second-order valence-corrected chi connectivity index (χ2v) is 9.87. The van der Waals surface area contributed by atoms with Crippen molar-refractivity contribution in [1.82, 2.24) is 5.32 Å². The minimum absolute atomic E-state index is 0.103. The fraction of sp³-hybridized carbons (Fsp3) is 0.545. The summed E-state index contributed by atoms with van der Waals surface area (Å²) in [4.78, 5) is 23.8. The molecule has 1 aromatic carbocycles. The molecular weight excluding hydrogens is 405 g/mol. The van der Waals surface area contributed by atoms with Crippen LogP contribution in [0.5, 0.6) is 0 Å². The van der Waals surface area contributed by atoms with E-state index in [1.54, 1.807) is 39.0 Å². The maximum atomic E-state index is 12.2. The Balaban J connectivity index is 2.32. The summed E-state index contributed by atoms with van der Waals surface area (Å²) in [6, 6.07) is 5.18. The van der Waals surface area contributed by atoms with E-state index in [0.717, 1.165) is 5.56 Å². The van der Waals surface area contributed by atoms with E-state index in [9.17, 15) is 9.59 Å². The van der Waals surface area contributed by atoms with Crippen molar-refractivity contribution in [2.45, 2.75) is 72.2 Å². The lowest BCUT2D eigenvalue weighted by atomic mass is 9.77. The molecule has 1 aromatic rings. The van der Waals surface area contributed by atoms with Gasteiger partial charge in [0, 0.05) is 12.1 Å². The molecule has 8 heteroatoms. The van der Waals surface area contributed by atoms with Gasteiger partial charge in [0.2, 0.25) is 0 Å². The number of carbonyl (C=O) groups is 2. The highest BCUT2D eigenvalue weighted by Gasteiger charge is 2.52. The van der Waals surface area contributed by atoms with Crippen molar-refractivity contribution in [3.05, 3.63) is 39.8 Å². The van der Waals surface area contributed by atoms with Gasteiger partial charge < -0.3 is 19.4 Å².